The molecule has 0 spiro atoms. The van der Waals surface area contributed by atoms with Crippen LogP contribution in [0.25, 0.3) is 10.8 Å². The lowest BCUT2D eigenvalue weighted by Gasteiger charge is -2.31. The number of pyridine rings is 1. The van der Waals surface area contributed by atoms with Crippen LogP contribution in [0.4, 0.5) is 0 Å². The zero-order valence-electron chi connectivity index (χ0n) is 13.8. The minimum absolute atomic E-state index is 0.380. The maximum atomic E-state index is 11.4. The van der Waals surface area contributed by atoms with Gasteiger partial charge >= 0.3 is 0 Å². The second-order valence-electron chi connectivity index (χ2n) is 6.50. The zero-order valence-corrected chi connectivity index (χ0v) is 13.8. The molecule has 1 aromatic carbocycles. The van der Waals surface area contributed by atoms with E-state index in [4.69, 9.17) is 5.73 Å². The molecule has 1 aliphatic rings. The first kappa shape index (κ1) is 15.9. The predicted octanol–water partition coefficient (Wildman–Crippen LogP) is 3.31. The molecule has 0 radical (unpaired) electrons. The second kappa shape index (κ2) is 7.09. The monoisotopic (exact) mass is 311 g/mol. The average Bonchev–Trinajstić information content (AvgIpc) is 2.59. The van der Waals surface area contributed by atoms with Crippen molar-refractivity contribution in [1.82, 2.24) is 9.88 Å². The van der Waals surface area contributed by atoms with E-state index in [1.165, 1.54) is 19.4 Å². The van der Waals surface area contributed by atoms with Crippen molar-refractivity contribution >= 4 is 16.7 Å². The predicted molar refractivity (Wildman–Crippen MR) is 93.6 cm³/mol. The molecule has 0 bridgehead atoms. The number of piperidine rings is 1. The number of fused-ring (bicyclic) bond motifs is 1. The summed E-state index contributed by atoms with van der Waals surface area (Å²) in [5, 5.41) is 2.11. The van der Waals surface area contributed by atoms with Gasteiger partial charge in [-0.2, -0.15) is 0 Å². The molecule has 1 aromatic heterocycles. The molecule has 0 aliphatic carbocycles. The van der Waals surface area contributed by atoms with Crippen molar-refractivity contribution in [2.45, 2.75) is 38.5 Å². The van der Waals surface area contributed by atoms with Crippen LogP contribution < -0.4 is 5.73 Å². The molecule has 0 saturated carbocycles. The number of hydrogen-bond donors (Lipinski definition) is 1. The third-order valence-electron chi connectivity index (χ3n) is 4.86. The summed E-state index contributed by atoms with van der Waals surface area (Å²) in [4.78, 5) is 18.6. The molecule has 2 aromatic rings. The van der Waals surface area contributed by atoms with Gasteiger partial charge in [-0.3, -0.25) is 9.78 Å². The fourth-order valence-corrected chi connectivity index (χ4v) is 3.37. The molecular weight excluding hydrogens is 286 g/mol. The van der Waals surface area contributed by atoms with Crippen LogP contribution in [0.5, 0.6) is 0 Å². The molecule has 1 amide bonds. The lowest BCUT2D eigenvalue weighted by Crippen LogP contribution is -2.33. The van der Waals surface area contributed by atoms with Gasteiger partial charge in [0.25, 0.3) is 0 Å². The van der Waals surface area contributed by atoms with Crippen LogP contribution in [0, 0.1) is 0 Å². The molecule has 122 valence electrons. The van der Waals surface area contributed by atoms with Crippen molar-refractivity contribution in [3.8, 4) is 0 Å². The van der Waals surface area contributed by atoms with Crippen LogP contribution >= 0.6 is 0 Å². The second-order valence-corrected chi connectivity index (χ2v) is 6.50. The van der Waals surface area contributed by atoms with Crippen LogP contribution in [-0.2, 0) is 0 Å². The van der Waals surface area contributed by atoms with Crippen LogP contribution in [0.15, 0.2) is 30.5 Å². The fraction of sp³-hybridized carbons (Fsp3) is 0.474. The first-order chi connectivity index (χ1) is 11.2. The summed E-state index contributed by atoms with van der Waals surface area (Å²) in [6, 6.07) is 7.69. The van der Waals surface area contributed by atoms with Gasteiger partial charge in [0.2, 0.25) is 5.91 Å². The molecule has 4 nitrogen and oxygen atoms in total. The molecular formula is C19H25N3O. The Balaban J connectivity index is 1.74. The number of hydrogen-bond acceptors (Lipinski definition) is 3. The van der Waals surface area contributed by atoms with Crippen LogP contribution in [0.1, 0.15) is 54.6 Å². The number of rotatable bonds is 5. The molecule has 2 N–H and O–H groups in total. The molecule has 0 atom stereocenters. The smallest absolute Gasteiger partial charge is 0.248 e. The number of primary amides is 1. The Morgan fingerprint density at radius 2 is 2.04 bits per heavy atom. The highest BCUT2D eigenvalue weighted by atomic mass is 16.1. The normalized spacial score (nSPS) is 16.7. The molecule has 4 heteroatoms. The summed E-state index contributed by atoms with van der Waals surface area (Å²) in [6.45, 7) is 5.78. The van der Waals surface area contributed by atoms with Crippen molar-refractivity contribution in [2.75, 3.05) is 19.6 Å². The summed E-state index contributed by atoms with van der Waals surface area (Å²) >= 11 is 0. The van der Waals surface area contributed by atoms with Gasteiger partial charge in [-0.15, -0.1) is 0 Å². The molecule has 1 aliphatic heterocycles. The number of nitrogens with zero attached hydrogens (tertiary/aromatic N) is 2. The number of nitrogens with two attached hydrogens (primary N) is 1. The maximum absolute atomic E-state index is 11.4. The highest BCUT2D eigenvalue weighted by Gasteiger charge is 2.21. The van der Waals surface area contributed by atoms with Gasteiger partial charge in [0.15, 0.2) is 0 Å². The van der Waals surface area contributed by atoms with Crippen LogP contribution in [0.2, 0.25) is 0 Å². The lowest BCUT2D eigenvalue weighted by molar-refractivity contribution is 0.100. The summed E-state index contributed by atoms with van der Waals surface area (Å²) in [7, 11) is 0. The summed E-state index contributed by atoms with van der Waals surface area (Å²) in [5.41, 5.74) is 7.09. The summed E-state index contributed by atoms with van der Waals surface area (Å²) in [6.07, 6.45) is 6.79. The van der Waals surface area contributed by atoms with Gasteiger partial charge in [-0.05, 0) is 62.5 Å². The van der Waals surface area contributed by atoms with E-state index in [0.29, 0.717) is 11.5 Å². The van der Waals surface area contributed by atoms with Gasteiger partial charge in [0.05, 0.1) is 0 Å². The van der Waals surface area contributed by atoms with Gasteiger partial charge in [-0.1, -0.05) is 19.4 Å². The van der Waals surface area contributed by atoms with E-state index in [1.807, 2.05) is 18.3 Å². The summed E-state index contributed by atoms with van der Waals surface area (Å²) < 4.78 is 0. The van der Waals surface area contributed by atoms with E-state index in [1.54, 1.807) is 6.07 Å². The van der Waals surface area contributed by atoms with Gasteiger partial charge < -0.3 is 10.6 Å². The van der Waals surface area contributed by atoms with Crippen LogP contribution in [-0.4, -0.2) is 35.4 Å². The van der Waals surface area contributed by atoms with E-state index >= 15 is 0 Å². The molecule has 1 saturated heterocycles. The number of likely N-dealkylation sites (tertiary alicyclic amines) is 1. The van der Waals surface area contributed by atoms with Crippen LogP contribution in [0.3, 0.4) is 0 Å². The van der Waals surface area contributed by atoms with Gasteiger partial charge in [0, 0.05) is 28.8 Å². The van der Waals surface area contributed by atoms with E-state index in [2.05, 4.69) is 22.9 Å². The number of benzene rings is 1. The number of unbranched alkanes of at least 4 members (excludes halogenated alkanes) is 1. The van der Waals surface area contributed by atoms with Crippen molar-refractivity contribution in [3.63, 3.8) is 0 Å². The molecule has 2 heterocycles. The van der Waals surface area contributed by atoms with Crippen molar-refractivity contribution in [2.24, 2.45) is 5.73 Å². The highest BCUT2D eigenvalue weighted by Crippen LogP contribution is 2.29. The topological polar surface area (TPSA) is 59.2 Å². The van der Waals surface area contributed by atoms with Gasteiger partial charge in [0.1, 0.15) is 0 Å². The van der Waals surface area contributed by atoms with Gasteiger partial charge in [-0.25, -0.2) is 0 Å². The first-order valence-electron chi connectivity index (χ1n) is 8.59. The number of amides is 1. The van der Waals surface area contributed by atoms with E-state index in [9.17, 15) is 4.79 Å². The van der Waals surface area contributed by atoms with E-state index in [0.717, 1.165) is 42.4 Å². The van der Waals surface area contributed by atoms with Crippen molar-refractivity contribution in [3.05, 3.63) is 41.7 Å². The third-order valence-corrected chi connectivity index (χ3v) is 4.86. The Morgan fingerprint density at radius 3 is 2.74 bits per heavy atom. The lowest BCUT2D eigenvalue weighted by atomic mass is 9.92. The Morgan fingerprint density at radius 1 is 1.26 bits per heavy atom. The maximum Gasteiger partial charge on any atom is 0.248 e. The standard InChI is InChI=1S/C19H25N3O/c1-2-3-8-22-9-6-14(7-10-22)18-12-17-11-15(19(20)23)4-5-16(17)13-21-18/h4-5,11-14H,2-3,6-10H2,1H3,(H2,20,23). The quantitative estimate of drug-likeness (QED) is 0.921. The zero-order chi connectivity index (χ0) is 16.2. The number of carbonyl (C=O) groups excluding carboxylic acids is 1. The molecule has 23 heavy (non-hydrogen) atoms. The molecule has 1 fully saturated rings. The highest BCUT2D eigenvalue weighted by molar-refractivity contribution is 5.97. The Kier molecular flexibility index (Phi) is 4.91. The Bertz CT molecular complexity index is 690. The molecule has 3 rings (SSSR count). The minimum Gasteiger partial charge on any atom is -0.366 e. The Labute approximate surface area is 137 Å². The Hall–Kier alpha value is -1.94. The van der Waals surface area contributed by atoms with Crippen molar-refractivity contribution < 1.29 is 4.79 Å². The number of aromatic nitrogens is 1. The number of carbonyl (C=O) groups is 1. The van der Waals surface area contributed by atoms with E-state index in [-0.39, 0.29) is 5.91 Å². The van der Waals surface area contributed by atoms with E-state index < -0.39 is 0 Å². The van der Waals surface area contributed by atoms with Crippen molar-refractivity contribution in [1.29, 1.82) is 0 Å². The molecule has 0 unspecified atom stereocenters. The average molecular weight is 311 g/mol. The summed E-state index contributed by atoms with van der Waals surface area (Å²) in [5.74, 6) is 0.143. The fourth-order valence-electron chi connectivity index (χ4n) is 3.37. The third kappa shape index (κ3) is 3.70. The largest absolute Gasteiger partial charge is 0.366 e. The SMILES string of the molecule is CCCCN1CCC(c2cc3cc(C(N)=O)ccc3cn2)CC1. The first-order valence-corrected chi connectivity index (χ1v) is 8.59. The minimum atomic E-state index is -0.380.